The first-order valence-corrected chi connectivity index (χ1v) is 9.70. The highest BCUT2D eigenvalue weighted by molar-refractivity contribution is 5.87. The van der Waals surface area contributed by atoms with Crippen LogP contribution in [0.1, 0.15) is 40.2 Å². The van der Waals surface area contributed by atoms with Crippen LogP contribution in [0.4, 0.5) is 0 Å². The standard InChI is InChI=1S/C21H35N3O3/c1-14(2)12-22-13-19(26)18(11-17-9-7-6-8-10-17)24-21(27)20(15(3)4)23-16(5)25/h6-10,14-15,18-20,22,26H,11-13H2,1-5H3,(H,23,25)(H,24,27)/t18-,19-,20-/m0/s1. The van der Waals surface area contributed by atoms with Crippen LogP contribution in [0.2, 0.25) is 0 Å². The van der Waals surface area contributed by atoms with Crippen LogP contribution < -0.4 is 16.0 Å². The van der Waals surface area contributed by atoms with E-state index >= 15 is 0 Å². The Morgan fingerprint density at radius 3 is 2.15 bits per heavy atom. The number of hydrogen-bond donors (Lipinski definition) is 4. The second kappa shape index (κ2) is 11.7. The molecule has 0 fully saturated rings. The van der Waals surface area contributed by atoms with E-state index in [1.165, 1.54) is 6.92 Å². The van der Waals surface area contributed by atoms with Gasteiger partial charge in [0.25, 0.3) is 0 Å². The molecule has 4 N–H and O–H groups in total. The van der Waals surface area contributed by atoms with Gasteiger partial charge in [0.1, 0.15) is 6.04 Å². The van der Waals surface area contributed by atoms with Gasteiger partial charge in [0.05, 0.1) is 12.1 Å². The zero-order valence-corrected chi connectivity index (χ0v) is 17.2. The minimum Gasteiger partial charge on any atom is -0.390 e. The van der Waals surface area contributed by atoms with Crippen molar-refractivity contribution in [3.05, 3.63) is 35.9 Å². The summed E-state index contributed by atoms with van der Waals surface area (Å²) in [5, 5.41) is 19.6. The van der Waals surface area contributed by atoms with Crippen LogP contribution in [0.5, 0.6) is 0 Å². The molecule has 0 aliphatic heterocycles. The van der Waals surface area contributed by atoms with Crippen LogP contribution in [0, 0.1) is 11.8 Å². The van der Waals surface area contributed by atoms with Crippen LogP contribution in [0.3, 0.4) is 0 Å². The molecule has 6 heteroatoms. The average molecular weight is 378 g/mol. The van der Waals surface area contributed by atoms with Gasteiger partial charge in [0.2, 0.25) is 11.8 Å². The van der Waals surface area contributed by atoms with Crippen molar-refractivity contribution >= 4 is 11.8 Å². The van der Waals surface area contributed by atoms with Crippen molar-refractivity contribution in [2.45, 2.75) is 59.2 Å². The van der Waals surface area contributed by atoms with E-state index in [9.17, 15) is 14.7 Å². The molecule has 0 heterocycles. The van der Waals surface area contributed by atoms with E-state index < -0.39 is 18.2 Å². The van der Waals surface area contributed by atoms with Crippen LogP contribution in [-0.4, -0.2) is 48.2 Å². The maximum atomic E-state index is 12.7. The lowest BCUT2D eigenvalue weighted by Gasteiger charge is -2.28. The first-order chi connectivity index (χ1) is 12.7. The molecule has 1 rings (SSSR count). The molecule has 152 valence electrons. The minimum absolute atomic E-state index is 0.0533. The fraction of sp³-hybridized carbons (Fsp3) is 0.619. The fourth-order valence-electron chi connectivity index (χ4n) is 2.84. The van der Waals surface area contributed by atoms with Gasteiger partial charge in [-0.3, -0.25) is 9.59 Å². The summed E-state index contributed by atoms with van der Waals surface area (Å²) < 4.78 is 0. The van der Waals surface area contributed by atoms with E-state index in [1.54, 1.807) is 0 Å². The maximum Gasteiger partial charge on any atom is 0.243 e. The Balaban J connectivity index is 2.85. The quantitative estimate of drug-likeness (QED) is 0.470. The Labute approximate surface area is 163 Å². The Kier molecular flexibility index (Phi) is 10.0. The molecule has 1 aromatic rings. The summed E-state index contributed by atoms with van der Waals surface area (Å²) >= 11 is 0. The number of nitrogens with one attached hydrogen (secondary N) is 3. The molecule has 3 atom stereocenters. The smallest absolute Gasteiger partial charge is 0.243 e. The summed E-state index contributed by atoms with van der Waals surface area (Å²) in [6, 6.07) is 8.68. The molecule has 2 amide bonds. The predicted octanol–water partition coefficient (Wildman–Crippen LogP) is 1.48. The van der Waals surface area contributed by atoms with Gasteiger partial charge in [-0.25, -0.2) is 0 Å². The molecule has 0 saturated heterocycles. The monoisotopic (exact) mass is 377 g/mol. The van der Waals surface area contributed by atoms with E-state index in [4.69, 9.17) is 0 Å². The Morgan fingerprint density at radius 1 is 1.00 bits per heavy atom. The third-order valence-corrected chi connectivity index (χ3v) is 4.30. The number of amides is 2. The zero-order chi connectivity index (χ0) is 20.4. The topological polar surface area (TPSA) is 90.5 Å². The molecular weight excluding hydrogens is 342 g/mol. The van der Waals surface area contributed by atoms with Crippen LogP contribution >= 0.6 is 0 Å². The molecule has 0 spiro atoms. The van der Waals surface area contributed by atoms with Crippen LogP contribution in [0.15, 0.2) is 30.3 Å². The molecule has 1 aromatic carbocycles. The van der Waals surface area contributed by atoms with Gasteiger partial charge >= 0.3 is 0 Å². The third-order valence-electron chi connectivity index (χ3n) is 4.30. The van der Waals surface area contributed by atoms with Crippen molar-refractivity contribution < 1.29 is 14.7 Å². The number of benzene rings is 1. The van der Waals surface area contributed by atoms with Crippen LogP contribution in [0.25, 0.3) is 0 Å². The molecule has 0 unspecified atom stereocenters. The van der Waals surface area contributed by atoms with Gasteiger partial charge < -0.3 is 21.1 Å². The van der Waals surface area contributed by atoms with E-state index in [1.807, 2.05) is 44.2 Å². The number of hydrogen-bond acceptors (Lipinski definition) is 4. The van der Waals surface area contributed by atoms with Gasteiger partial charge in [-0.05, 0) is 30.4 Å². The van der Waals surface area contributed by atoms with E-state index in [0.29, 0.717) is 18.9 Å². The SMILES string of the molecule is CC(=O)N[C@H](C(=O)N[C@@H](Cc1ccccc1)[C@@H](O)CNCC(C)C)C(C)C. The number of aliphatic hydroxyl groups excluding tert-OH is 1. The average Bonchev–Trinajstić information content (AvgIpc) is 2.59. The highest BCUT2D eigenvalue weighted by Gasteiger charge is 2.28. The molecule has 6 nitrogen and oxygen atoms in total. The second-order valence-corrected chi connectivity index (χ2v) is 7.85. The third kappa shape index (κ3) is 9.02. The van der Waals surface area contributed by atoms with Gasteiger partial charge in [-0.2, -0.15) is 0 Å². The molecule has 0 radical (unpaired) electrons. The van der Waals surface area contributed by atoms with Crippen molar-refractivity contribution in [1.29, 1.82) is 0 Å². The molecule has 0 saturated carbocycles. The van der Waals surface area contributed by atoms with Gasteiger partial charge in [0, 0.05) is 13.5 Å². The van der Waals surface area contributed by atoms with Crippen molar-refractivity contribution in [3.8, 4) is 0 Å². The number of carbonyl (C=O) groups is 2. The highest BCUT2D eigenvalue weighted by atomic mass is 16.3. The summed E-state index contributed by atoms with van der Waals surface area (Å²) in [6.07, 6.45) is -0.222. The summed E-state index contributed by atoms with van der Waals surface area (Å²) in [5.41, 5.74) is 1.03. The number of carbonyl (C=O) groups excluding carboxylic acids is 2. The van der Waals surface area contributed by atoms with Gasteiger partial charge in [0.15, 0.2) is 0 Å². The summed E-state index contributed by atoms with van der Waals surface area (Å²) in [4.78, 5) is 24.2. The lowest BCUT2D eigenvalue weighted by molar-refractivity contribution is -0.130. The first kappa shape index (κ1) is 23.1. The van der Waals surface area contributed by atoms with Crippen molar-refractivity contribution in [3.63, 3.8) is 0 Å². The molecule has 0 aliphatic rings. The van der Waals surface area contributed by atoms with Crippen molar-refractivity contribution in [1.82, 2.24) is 16.0 Å². The normalized spacial score (nSPS) is 14.7. The largest absolute Gasteiger partial charge is 0.390 e. The Morgan fingerprint density at radius 2 is 1.63 bits per heavy atom. The summed E-state index contributed by atoms with van der Waals surface area (Å²) in [6.45, 7) is 10.5. The van der Waals surface area contributed by atoms with Crippen LogP contribution in [-0.2, 0) is 16.0 Å². The van der Waals surface area contributed by atoms with E-state index in [0.717, 1.165) is 12.1 Å². The predicted molar refractivity (Wildman–Crippen MR) is 108 cm³/mol. The second-order valence-electron chi connectivity index (χ2n) is 7.85. The van der Waals surface area contributed by atoms with Gasteiger partial charge in [-0.1, -0.05) is 58.0 Å². The molecule has 0 aliphatic carbocycles. The molecule has 0 aromatic heterocycles. The van der Waals surface area contributed by atoms with E-state index in [2.05, 4.69) is 29.8 Å². The zero-order valence-electron chi connectivity index (χ0n) is 17.2. The summed E-state index contributed by atoms with van der Waals surface area (Å²) in [7, 11) is 0. The van der Waals surface area contributed by atoms with Crippen molar-refractivity contribution in [2.75, 3.05) is 13.1 Å². The maximum absolute atomic E-state index is 12.7. The van der Waals surface area contributed by atoms with E-state index in [-0.39, 0.29) is 17.7 Å². The van der Waals surface area contributed by atoms with Crippen molar-refractivity contribution in [2.24, 2.45) is 11.8 Å². The number of rotatable bonds is 11. The lowest BCUT2D eigenvalue weighted by Crippen LogP contribution is -2.56. The Hall–Kier alpha value is -1.92. The lowest BCUT2D eigenvalue weighted by atomic mass is 9.98. The molecular formula is C21H35N3O3. The number of aliphatic hydroxyl groups is 1. The molecule has 0 bridgehead atoms. The van der Waals surface area contributed by atoms with Gasteiger partial charge in [-0.15, -0.1) is 0 Å². The highest BCUT2D eigenvalue weighted by Crippen LogP contribution is 2.09. The Bertz CT molecular complexity index is 575. The first-order valence-electron chi connectivity index (χ1n) is 9.70. The summed E-state index contributed by atoms with van der Waals surface area (Å²) in [5.74, 6) is -0.0985. The minimum atomic E-state index is -0.738. The molecule has 27 heavy (non-hydrogen) atoms. The fourth-order valence-corrected chi connectivity index (χ4v) is 2.84.